The lowest BCUT2D eigenvalue weighted by Gasteiger charge is -1.16. The van der Waals surface area contributed by atoms with E-state index in [9.17, 15) is 0 Å². The minimum atomic E-state index is 0. The fourth-order valence-electron chi connectivity index (χ4n) is 0. The number of hydrogen-bond donors (Lipinski definition) is 1. The quantitative estimate of drug-likeness (QED) is 0.331. The molecule has 0 radical (unpaired) electrons. The maximum atomic E-state index is 7.14. The SMILES string of the molecule is O.O.O.O.O.O.[OH][AlH2]. The van der Waals surface area contributed by atoms with Crippen molar-refractivity contribution in [1.82, 2.24) is 0 Å². The molecule has 0 saturated carbocycles. The van der Waals surface area contributed by atoms with Crippen molar-refractivity contribution < 1.29 is 37.0 Å². The summed E-state index contributed by atoms with van der Waals surface area (Å²) in [6.45, 7) is 0. The van der Waals surface area contributed by atoms with Crippen LogP contribution in [0.2, 0.25) is 0 Å². The van der Waals surface area contributed by atoms with E-state index in [-0.39, 0.29) is 32.9 Å². The summed E-state index contributed by atoms with van der Waals surface area (Å²) in [4.78, 5) is 0. The maximum absolute atomic E-state index is 7.14. The van der Waals surface area contributed by atoms with Gasteiger partial charge in [0.05, 0.1) is 0 Å². The Kier molecular flexibility index (Phi) is 154000. The summed E-state index contributed by atoms with van der Waals surface area (Å²) in [7, 11) is 0. The first-order valence-electron chi connectivity index (χ1n) is 0.447. The molecule has 0 aliphatic rings. The zero-order valence-corrected chi connectivity index (χ0v) is 6.45. The maximum Gasteiger partial charge on any atom is 0.407 e. The lowest BCUT2D eigenvalue weighted by Crippen LogP contribution is -1.34. The molecule has 0 aliphatic heterocycles. The first-order valence-corrected chi connectivity index (χ1v) is 1.34. The van der Waals surface area contributed by atoms with Crippen molar-refractivity contribution >= 4 is 16.6 Å². The predicted octanol–water partition coefficient (Wildman–Crippen LogP) is -6.42. The van der Waals surface area contributed by atoms with Gasteiger partial charge in [0, 0.05) is 0 Å². The smallest absolute Gasteiger partial charge is 0.407 e. The molecule has 0 heterocycles. The summed E-state index contributed by atoms with van der Waals surface area (Å²) in [6.07, 6.45) is 0. The van der Waals surface area contributed by atoms with E-state index in [2.05, 4.69) is 0 Å². The molecule has 0 aliphatic carbocycles. The van der Waals surface area contributed by atoms with E-state index in [1.165, 1.54) is 0 Å². The monoisotopic (exact) mass is 154 g/mol. The van der Waals surface area contributed by atoms with Crippen LogP contribution in [0.5, 0.6) is 0 Å². The second kappa shape index (κ2) is 4450. The summed E-state index contributed by atoms with van der Waals surface area (Å²) in [6, 6.07) is 0. The van der Waals surface area contributed by atoms with E-state index in [1.807, 2.05) is 0 Å². The van der Waals surface area contributed by atoms with Gasteiger partial charge in [-0.3, -0.25) is 0 Å². The van der Waals surface area contributed by atoms with Gasteiger partial charge in [0.2, 0.25) is 0 Å². The fraction of sp³-hybridized carbons (Fsp3) is 0. The average Bonchev–Trinajstić information content (AvgIpc) is 1.00. The normalized spacial score (nSPS) is 0.625. The van der Waals surface area contributed by atoms with Gasteiger partial charge in [-0.2, -0.15) is 0 Å². The van der Waals surface area contributed by atoms with Gasteiger partial charge in [0.15, 0.2) is 0 Å². The van der Waals surface area contributed by atoms with E-state index in [0.29, 0.717) is 16.6 Å². The van der Waals surface area contributed by atoms with Crippen molar-refractivity contribution in [2.75, 3.05) is 0 Å². The first kappa shape index (κ1) is 277. The third kappa shape index (κ3) is 2710. The van der Waals surface area contributed by atoms with Crippen molar-refractivity contribution in [1.29, 1.82) is 0 Å². The fourth-order valence-corrected chi connectivity index (χ4v) is 0. The first-order chi connectivity index (χ1) is 1.00. The van der Waals surface area contributed by atoms with Gasteiger partial charge < -0.3 is 37.0 Å². The molecule has 0 fully saturated rings. The molecule has 0 unspecified atom stereocenters. The van der Waals surface area contributed by atoms with Gasteiger partial charge in [0.1, 0.15) is 0 Å². The number of rotatable bonds is 0. The summed E-state index contributed by atoms with van der Waals surface area (Å²) in [5.41, 5.74) is 0. The summed E-state index contributed by atoms with van der Waals surface area (Å²) in [5, 5.41) is 0. The van der Waals surface area contributed by atoms with Gasteiger partial charge in [-0.15, -0.1) is 0 Å². The second-order valence-electron chi connectivity index (χ2n) is 0. The highest BCUT2D eigenvalue weighted by Gasteiger charge is 1.05. The highest BCUT2D eigenvalue weighted by molar-refractivity contribution is 5.95. The second-order valence-corrected chi connectivity index (χ2v) is 0. The molecular weight excluding hydrogens is 139 g/mol. The summed E-state index contributed by atoms with van der Waals surface area (Å²) < 4.78 is 7.14. The van der Waals surface area contributed by atoms with Crippen LogP contribution in [-0.4, -0.2) is 53.6 Å². The molecular formula is H15AlO7. The van der Waals surface area contributed by atoms with E-state index < -0.39 is 0 Å². The molecule has 0 bridgehead atoms. The topological polar surface area (TPSA) is 209 Å². The van der Waals surface area contributed by atoms with Crippen LogP contribution in [0.1, 0.15) is 0 Å². The minimum Gasteiger partial charge on any atom is -0.521 e. The van der Waals surface area contributed by atoms with Crippen LogP contribution < -0.4 is 0 Å². The molecule has 0 aromatic heterocycles. The molecule has 60 valence electrons. The third-order valence-electron chi connectivity index (χ3n) is 0. The van der Waals surface area contributed by atoms with Gasteiger partial charge in [0.25, 0.3) is 0 Å². The van der Waals surface area contributed by atoms with E-state index in [1.54, 1.807) is 0 Å². The van der Waals surface area contributed by atoms with Gasteiger partial charge in [-0.1, -0.05) is 0 Å². The van der Waals surface area contributed by atoms with E-state index in [0.717, 1.165) is 0 Å². The predicted molar refractivity (Wildman–Crippen MR) is 32.4 cm³/mol. The summed E-state index contributed by atoms with van der Waals surface area (Å²) in [5.74, 6) is 0. The van der Waals surface area contributed by atoms with Gasteiger partial charge >= 0.3 is 16.6 Å². The molecule has 7 nitrogen and oxygen atoms in total. The zero-order chi connectivity index (χ0) is 2.00. The van der Waals surface area contributed by atoms with Crippen molar-refractivity contribution in [3.8, 4) is 0 Å². The largest absolute Gasteiger partial charge is 0.521 e. The molecule has 8 heteroatoms. The third-order valence-corrected chi connectivity index (χ3v) is 0. The Morgan fingerprint density at radius 1 is 0.500 bits per heavy atom. The van der Waals surface area contributed by atoms with Crippen LogP contribution in [0.3, 0.4) is 0 Å². The molecule has 0 spiro atoms. The molecule has 8 heavy (non-hydrogen) atoms. The Hall–Kier alpha value is 0.252. The van der Waals surface area contributed by atoms with Crippen LogP contribution in [0, 0.1) is 0 Å². The standard InChI is InChI=1S/Al.7H2O.2H/h;7*1H2;;/q+1;;;;;;;;;/p-1. The van der Waals surface area contributed by atoms with Crippen molar-refractivity contribution in [2.24, 2.45) is 0 Å². The van der Waals surface area contributed by atoms with Crippen LogP contribution in [0.15, 0.2) is 0 Å². The Balaban J connectivity index is -0.000000000333. The Morgan fingerprint density at radius 2 is 0.500 bits per heavy atom. The van der Waals surface area contributed by atoms with Crippen LogP contribution >= 0.6 is 0 Å². The summed E-state index contributed by atoms with van der Waals surface area (Å²) >= 11 is 0.306. The Labute approximate surface area is 54.6 Å². The van der Waals surface area contributed by atoms with Gasteiger partial charge in [-0.05, 0) is 0 Å². The molecule has 0 amide bonds. The molecule has 0 saturated heterocycles. The van der Waals surface area contributed by atoms with Crippen molar-refractivity contribution in [3.05, 3.63) is 0 Å². The molecule has 13 N–H and O–H groups in total. The Bertz CT molecular complexity index is 4.35. The van der Waals surface area contributed by atoms with Crippen molar-refractivity contribution in [2.45, 2.75) is 0 Å². The average molecular weight is 154 g/mol. The van der Waals surface area contributed by atoms with Crippen LogP contribution in [-0.2, 0) is 0 Å². The van der Waals surface area contributed by atoms with Crippen LogP contribution in [0.4, 0.5) is 0 Å². The van der Waals surface area contributed by atoms with E-state index >= 15 is 0 Å². The highest BCUT2D eigenvalue weighted by Crippen LogP contribution is 0.666. The molecule has 0 aromatic carbocycles. The van der Waals surface area contributed by atoms with Gasteiger partial charge in [-0.25, -0.2) is 0 Å². The molecule has 0 aromatic rings. The highest BCUT2D eigenvalue weighted by atomic mass is 27.1. The van der Waals surface area contributed by atoms with Crippen molar-refractivity contribution in [3.63, 3.8) is 0 Å². The van der Waals surface area contributed by atoms with Crippen LogP contribution in [0.25, 0.3) is 0 Å². The minimum absolute atomic E-state index is 0. The zero-order valence-electron chi connectivity index (χ0n) is 4.45. The Morgan fingerprint density at radius 3 is 0.500 bits per heavy atom. The molecule has 0 rings (SSSR count). The lowest BCUT2D eigenvalue weighted by atomic mass is 15.9. The lowest BCUT2D eigenvalue weighted by molar-refractivity contribution is 0.629. The van der Waals surface area contributed by atoms with E-state index in [4.69, 9.17) is 4.16 Å². The number of hydrogen-bond acceptors (Lipinski definition) is 1. The molecule has 0 atom stereocenters.